The molecule has 2 aromatic rings. The number of likely N-dealkylation sites (tertiary alicyclic amines) is 1. The minimum atomic E-state index is -4.51. The van der Waals surface area contributed by atoms with E-state index in [1.165, 1.54) is 18.3 Å². The Bertz CT molecular complexity index is 837. The van der Waals surface area contributed by atoms with Gasteiger partial charge in [-0.3, -0.25) is 9.69 Å². The van der Waals surface area contributed by atoms with Crippen molar-refractivity contribution >= 4 is 5.91 Å². The maximum Gasteiger partial charge on any atom is 0.422 e. The van der Waals surface area contributed by atoms with E-state index in [0.29, 0.717) is 6.54 Å². The summed E-state index contributed by atoms with van der Waals surface area (Å²) in [5.41, 5.74) is 0.995. The van der Waals surface area contributed by atoms with Crippen molar-refractivity contribution in [1.29, 1.82) is 0 Å². The van der Waals surface area contributed by atoms with Crippen molar-refractivity contribution in [2.75, 3.05) is 33.4 Å². The molecule has 9 heteroatoms. The zero-order valence-corrected chi connectivity index (χ0v) is 16.6. The SMILES string of the molecule is COc1ccc(C(CNC(=O)c2cccnc2OCC(F)(F)F)N2CCCC2)cc1. The first-order valence-electron chi connectivity index (χ1n) is 9.68. The predicted octanol–water partition coefficient (Wildman–Crippen LogP) is 3.60. The van der Waals surface area contributed by atoms with E-state index in [1.807, 2.05) is 24.3 Å². The van der Waals surface area contributed by atoms with Crippen LogP contribution in [0.1, 0.15) is 34.8 Å². The lowest BCUT2D eigenvalue weighted by Crippen LogP contribution is -2.37. The van der Waals surface area contributed by atoms with E-state index in [2.05, 4.69) is 15.2 Å². The first kappa shape index (κ1) is 21.9. The quantitative estimate of drug-likeness (QED) is 0.703. The highest BCUT2D eigenvalue weighted by Crippen LogP contribution is 2.27. The van der Waals surface area contributed by atoms with Crippen molar-refractivity contribution < 1.29 is 27.4 Å². The molecular weight excluding hydrogens is 399 g/mol. The lowest BCUT2D eigenvalue weighted by Gasteiger charge is -2.28. The number of nitrogens with zero attached hydrogens (tertiary/aromatic N) is 2. The van der Waals surface area contributed by atoms with Crippen molar-refractivity contribution in [1.82, 2.24) is 15.2 Å². The fourth-order valence-corrected chi connectivity index (χ4v) is 3.45. The van der Waals surface area contributed by atoms with E-state index >= 15 is 0 Å². The molecule has 6 nitrogen and oxygen atoms in total. The second-order valence-electron chi connectivity index (χ2n) is 7.00. The van der Waals surface area contributed by atoms with Crippen LogP contribution in [0.15, 0.2) is 42.6 Å². The number of benzene rings is 1. The Morgan fingerprint density at radius 3 is 2.53 bits per heavy atom. The molecule has 3 rings (SSSR count). The summed E-state index contributed by atoms with van der Waals surface area (Å²) in [6, 6.07) is 10.5. The molecule has 0 radical (unpaired) electrons. The number of hydrogen-bond acceptors (Lipinski definition) is 5. The van der Waals surface area contributed by atoms with Crippen LogP contribution in [0, 0.1) is 0 Å². The fraction of sp³-hybridized carbons (Fsp3) is 0.429. The lowest BCUT2D eigenvalue weighted by molar-refractivity contribution is -0.154. The Hall–Kier alpha value is -2.81. The lowest BCUT2D eigenvalue weighted by atomic mass is 10.0. The molecule has 162 valence electrons. The smallest absolute Gasteiger partial charge is 0.422 e. The Labute approximate surface area is 173 Å². The van der Waals surface area contributed by atoms with E-state index in [1.54, 1.807) is 7.11 Å². The van der Waals surface area contributed by atoms with Crippen LogP contribution in [0.25, 0.3) is 0 Å². The molecule has 1 aliphatic heterocycles. The Balaban J connectivity index is 1.71. The Morgan fingerprint density at radius 2 is 1.90 bits per heavy atom. The van der Waals surface area contributed by atoms with Gasteiger partial charge in [0.2, 0.25) is 5.88 Å². The van der Waals surface area contributed by atoms with Crippen LogP contribution in [0.2, 0.25) is 0 Å². The molecule has 1 N–H and O–H groups in total. The fourth-order valence-electron chi connectivity index (χ4n) is 3.45. The third-order valence-corrected chi connectivity index (χ3v) is 4.93. The predicted molar refractivity (Wildman–Crippen MR) is 105 cm³/mol. The summed E-state index contributed by atoms with van der Waals surface area (Å²) < 4.78 is 47.3. The topological polar surface area (TPSA) is 63.7 Å². The summed E-state index contributed by atoms with van der Waals surface area (Å²) in [5.74, 6) is -0.128. The van der Waals surface area contributed by atoms with E-state index in [9.17, 15) is 18.0 Å². The number of nitrogens with one attached hydrogen (secondary N) is 1. The van der Waals surface area contributed by atoms with Gasteiger partial charge in [-0.1, -0.05) is 12.1 Å². The molecule has 1 aromatic heterocycles. The van der Waals surface area contributed by atoms with Gasteiger partial charge in [-0.25, -0.2) is 4.98 Å². The van der Waals surface area contributed by atoms with Gasteiger partial charge in [0.25, 0.3) is 5.91 Å². The van der Waals surface area contributed by atoms with Crippen molar-refractivity contribution in [2.45, 2.75) is 25.1 Å². The molecule has 1 aromatic carbocycles. The molecular formula is C21H24F3N3O3. The number of ether oxygens (including phenoxy) is 2. The van der Waals surface area contributed by atoms with Crippen LogP contribution in [-0.2, 0) is 0 Å². The molecule has 1 saturated heterocycles. The van der Waals surface area contributed by atoms with Crippen LogP contribution < -0.4 is 14.8 Å². The van der Waals surface area contributed by atoms with Gasteiger partial charge >= 0.3 is 6.18 Å². The maximum absolute atomic E-state index is 12.7. The summed E-state index contributed by atoms with van der Waals surface area (Å²) in [5, 5.41) is 2.83. The van der Waals surface area contributed by atoms with Crippen molar-refractivity contribution in [3.8, 4) is 11.6 Å². The van der Waals surface area contributed by atoms with Crippen LogP contribution in [0.3, 0.4) is 0 Å². The first-order chi connectivity index (χ1) is 14.4. The van der Waals surface area contributed by atoms with Crippen LogP contribution in [0.4, 0.5) is 13.2 Å². The van der Waals surface area contributed by atoms with Gasteiger partial charge in [0, 0.05) is 12.7 Å². The summed E-state index contributed by atoms with van der Waals surface area (Å²) in [4.78, 5) is 18.8. The number of rotatable bonds is 8. The normalized spacial score (nSPS) is 15.6. The molecule has 1 amide bonds. The number of carbonyl (C=O) groups is 1. The average Bonchev–Trinajstić information content (AvgIpc) is 3.27. The molecule has 0 bridgehead atoms. The number of carbonyl (C=O) groups excluding carboxylic acids is 1. The number of aromatic nitrogens is 1. The van der Waals surface area contributed by atoms with Gasteiger partial charge in [-0.2, -0.15) is 13.2 Å². The van der Waals surface area contributed by atoms with Gasteiger partial charge in [0.1, 0.15) is 11.3 Å². The molecule has 0 spiro atoms. The molecule has 0 aliphatic carbocycles. The van der Waals surface area contributed by atoms with Gasteiger partial charge < -0.3 is 14.8 Å². The molecule has 2 heterocycles. The molecule has 1 aliphatic rings. The summed E-state index contributed by atoms with van der Waals surface area (Å²) >= 11 is 0. The second-order valence-corrected chi connectivity index (χ2v) is 7.00. The maximum atomic E-state index is 12.7. The zero-order valence-electron chi connectivity index (χ0n) is 16.6. The van der Waals surface area contributed by atoms with E-state index < -0.39 is 18.7 Å². The highest BCUT2D eigenvalue weighted by molar-refractivity contribution is 5.96. The number of halogens is 3. The third-order valence-electron chi connectivity index (χ3n) is 4.93. The number of alkyl halides is 3. The first-order valence-corrected chi connectivity index (χ1v) is 9.68. The van der Waals surface area contributed by atoms with Crippen LogP contribution in [-0.4, -0.2) is 55.3 Å². The van der Waals surface area contributed by atoms with Gasteiger partial charge in [-0.15, -0.1) is 0 Å². The summed E-state index contributed by atoms with van der Waals surface area (Å²) in [6.45, 7) is 0.629. The number of amides is 1. The van der Waals surface area contributed by atoms with Crippen LogP contribution in [0.5, 0.6) is 11.6 Å². The second kappa shape index (κ2) is 9.80. The molecule has 30 heavy (non-hydrogen) atoms. The van der Waals surface area contributed by atoms with Gasteiger partial charge in [-0.05, 0) is 55.8 Å². The molecule has 0 saturated carbocycles. The van der Waals surface area contributed by atoms with Gasteiger partial charge in [0.15, 0.2) is 6.61 Å². The minimum absolute atomic E-state index is 0.0309. The highest BCUT2D eigenvalue weighted by atomic mass is 19.4. The largest absolute Gasteiger partial charge is 0.497 e. The zero-order chi connectivity index (χ0) is 21.6. The number of hydrogen-bond donors (Lipinski definition) is 1. The summed E-state index contributed by atoms with van der Waals surface area (Å²) in [7, 11) is 1.60. The van der Waals surface area contributed by atoms with E-state index in [0.717, 1.165) is 37.2 Å². The van der Waals surface area contributed by atoms with Crippen molar-refractivity contribution in [3.05, 3.63) is 53.7 Å². The minimum Gasteiger partial charge on any atom is -0.497 e. The Kier molecular flexibility index (Phi) is 7.15. The number of methoxy groups -OCH3 is 1. The standard InChI is InChI=1S/C21H24F3N3O3/c1-29-16-8-6-15(7-9-16)18(27-11-2-3-12-27)13-26-19(28)17-5-4-10-25-20(17)30-14-21(22,23)24/h4-10,18H,2-3,11-14H2,1H3,(H,26,28). The van der Waals surface area contributed by atoms with Crippen LogP contribution >= 0.6 is 0 Å². The van der Waals surface area contributed by atoms with Gasteiger partial charge in [0.05, 0.1) is 13.2 Å². The van der Waals surface area contributed by atoms with E-state index in [4.69, 9.17) is 9.47 Å². The summed E-state index contributed by atoms with van der Waals surface area (Å²) in [6.07, 6.45) is -1.06. The Morgan fingerprint density at radius 1 is 1.20 bits per heavy atom. The molecule has 1 unspecified atom stereocenters. The monoisotopic (exact) mass is 423 g/mol. The average molecular weight is 423 g/mol. The van der Waals surface area contributed by atoms with Crippen molar-refractivity contribution in [3.63, 3.8) is 0 Å². The third kappa shape index (κ3) is 5.85. The van der Waals surface area contributed by atoms with E-state index in [-0.39, 0.29) is 17.5 Å². The highest BCUT2D eigenvalue weighted by Gasteiger charge is 2.30. The van der Waals surface area contributed by atoms with Crippen molar-refractivity contribution in [2.24, 2.45) is 0 Å². The molecule has 1 atom stereocenters. The molecule has 1 fully saturated rings. The number of pyridine rings is 1.